The molecule has 18 heavy (non-hydrogen) atoms. The fourth-order valence-corrected chi connectivity index (χ4v) is 3.03. The molecule has 0 amide bonds. The molecule has 2 aromatic rings. The lowest BCUT2D eigenvalue weighted by molar-refractivity contribution is 0.679. The maximum Gasteiger partial charge on any atom is 0.0945 e. The highest BCUT2D eigenvalue weighted by Gasteiger charge is 2.19. The van der Waals surface area contributed by atoms with Crippen LogP contribution in [0.4, 0.5) is 0 Å². The Bertz CT molecular complexity index is 507. The highest BCUT2D eigenvalue weighted by Crippen LogP contribution is 2.36. The van der Waals surface area contributed by atoms with Crippen molar-refractivity contribution in [1.82, 2.24) is 14.8 Å². The van der Waals surface area contributed by atoms with E-state index in [2.05, 4.69) is 22.2 Å². The predicted molar refractivity (Wildman–Crippen MR) is 74.4 cm³/mol. The minimum Gasteiger partial charge on any atom is -0.327 e. The topological polar surface area (TPSA) is 56.7 Å². The fraction of sp³-hybridized carbons (Fsp3) is 0.385. The first-order valence-electron chi connectivity index (χ1n) is 5.90. The van der Waals surface area contributed by atoms with Gasteiger partial charge < -0.3 is 5.73 Å². The minimum absolute atomic E-state index is 0.0504. The highest BCUT2D eigenvalue weighted by molar-refractivity contribution is 7.99. The molecule has 0 radical (unpaired) electrons. The van der Waals surface area contributed by atoms with Crippen LogP contribution in [0.25, 0.3) is 0 Å². The third-order valence-electron chi connectivity index (χ3n) is 2.70. The Kier molecular flexibility index (Phi) is 4.04. The summed E-state index contributed by atoms with van der Waals surface area (Å²) in [6.07, 6.45) is 3.66. The van der Waals surface area contributed by atoms with Crippen molar-refractivity contribution >= 4 is 11.8 Å². The van der Waals surface area contributed by atoms with Crippen molar-refractivity contribution in [2.45, 2.75) is 30.2 Å². The van der Waals surface area contributed by atoms with Gasteiger partial charge >= 0.3 is 0 Å². The second-order valence-electron chi connectivity index (χ2n) is 4.43. The SMILES string of the molecule is Cc1cc(SC(c2cccnc2)C(C)N)n(C)n1. The Balaban J connectivity index is 2.25. The van der Waals surface area contributed by atoms with Gasteiger partial charge in [-0.3, -0.25) is 9.67 Å². The van der Waals surface area contributed by atoms with E-state index in [0.717, 1.165) is 16.3 Å². The van der Waals surface area contributed by atoms with Crippen LogP contribution >= 0.6 is 11.8 Å². The maximum absolute atomic E-state index is 6.10. The lowest BCUT2D eigenvalue weighted by Crippen LogP contribution is -2.22. The van der Waals surface area contributed by atoms with Gasteiger partial charge in [-0.25, -0.2) is 0 Å². The summed E-state index contributed by atoms with van der Waals surface area (Å²) in [7, 11) is 1.96. The average molecular weight is 262 g/mol. The molecule has 0 bridgehead atoms. The summed E-state index contributed by atoms with van der Waals surface area (Å²) in [6, 6.07) is 6.14. The molecule has 2 rings (SSSR count). The molecular weight excluding hydrogens is 244 g/mol. The molecule has 2 heterocycles. The van der Waals surface area contributed by atoms with Crippen molar-refractivity contribution in [2.24, 2.45) is 12.8 Å². The first-order chi connectivity index (χ1) is 8.58. The van der Waals surface area contributed by atoms with Crippen molar-refractivity contribution in [2.75, 3.05) is 0 Å². The number of aryl methyl sites for hydroxylation is 2. The van der Waals surface area contributed by atoms with Crippen molar-refractivity contribution in [1.29, 1.82) is 0 Å². The summed E-state index contributed by atoms with van der Waals surface area (Å²) in [5, 5.41) is 5.67. The highest BCUT2D eigenvalue weighted by atomic mass is 32.2. The largest absolute Gasteiger partial charge is 0.327 e. The summed E-state index contributed by atoms with van der Waals surface area (Å²) in [5.41, 5.74) is 8.27. The number of nitrogens with two attached hydrogens (primary N) is 1. The number of thioether (sulfide) groups is 1. The maximum atomic E-state index is 6.10. The van der Waals surface area contributed by atoms with E-state index in [-0.39, 0.29) is 11.3 Å². The van der Waals surface area contributed by atoms with Crippen molar-refractivity contribution in [3.05, 3.63) is 41.9 Å². The van der Waals surface area contributed by atoms with Gasteiger partial charge in [0.25, 0.3) is 0 Å². The number of rotatable bonds is 4. The van der Waals surface area contributed by atoms with E-state index in [1.165, 1.54) is 0 Å². The van der Waals surface area contributed by atoms with E-state index in [4.69, 9.17) is 5.73 Å². The van der Waals surface area contributed by atoms with Gasteiger partial charge in [0, 0.05) is 25.5 Å². The van der Waals surface area contributed by atoms with Crippen LogP contribution in [0.5, 0.6) is 0 Å². The van der Waals surface area contributed by atoms with Gasteiger partial charge in [-0.1, -0.05) is 17.8 Å². The molecule has 0 aromatic carbocycles. The summed E-state index contributed by atoms with van der Waals surface area (Å²) in [6.45, 7) is 4.02. The smallest absolute Gasteiger partial charge is 0.0945 e. The third-order valence-corrected chi connectivity index (χ3v) is 4.28. The predicted octanol–water partition coefficient (Wildman–Crippen LogP) is 2.30. The zero-order valence-corrected chi connectivity index (χ0v) is 11.7. The lowest BCUT2D eigenvalue weighted by atomic mass is 10.1. The number of pyridine rings is 1. The van der Waals surface area contributed by atoms with Crippen LogP contribution in [0.1, 0.15) is 23.4 Å². The van der Waals surface area contributed by atoms with Gasteiger partial charge in [0.2, 0.25) is 0 Å². The number of aromatic nitrogens is 3. The molecule has 0 aliphatic heterocycles. The normalized spacial score (nSPS) is 14.4. The van der Waals surface area contributed by atoms with Gasteiger partial charge in [0.1, 0.15) is 0 Å². The molecule has 0 fully saturated rings. The van der Waals surface area contributed by atoms with Crippen molar-refractivity contribution < 1.29 is 0 Å². The van der Waals surface area contributed by atoms with Crippen LogP contribution < -0.4 is 5.73 Å². The summed E-state index contributed by atoms with van der Waals surface area (Å²) in [5.74, 6) is 0. The second kappa shape index (κ2) is 5.54. The molecule has 0 saturated heterocycles. The van der Waals surface area contributed by atoms with E-state index in [1.807, 2.05) is 37.8 Å². The van der Waals surface area contributed by atoms with E-state index < -0.39 is 0 Å². The lowest BCUT2D eigenvalue weighted by Gasteiger charge is -2.20. The number of nitrogens with zero attached hydrogens (tertiary/aromatic N) is 3. The molecular formula is C13H18N4S. The molecule has 0 spiro atoms. The van der Waals surface area contributed by atoms with Crippen LogP contribution in [0.15, 0.2) is 35.6 Å². The molecule has 96 valence electrons. The molecule has 2 aromatic heterocycles. The van der Waals surface area contributed by atoms with Crippen LogP contribution in [0.2, 0.25) is 0 Å². The van der Waals surface area contributed by atoms with Gasteiger partial charge in [-0.05, 0) is 31.5 Å². The Morgan fingerprint density at radius 3 is 2.72 bits per heavy atom. The molecule has 4 nitrogen and oxygen atoms in total. The Labute approximate surface area is 112 Å². The molecule has 0 aliphatic carbocycles. The van der Waals surface area contributed by atoms with E-state index in [0.29, 0.717) is 0 Å². The summed E-state index contributed by atoms with van der Waals surface area (Å²) >= 11 is 1.73. The summed E-state index contributed by atoms with van der Waals surface area (Å²) < 4.78 is 1.89. The van der Waals surface area contributed by atoms with E-state index in [9.17, 15) is 0 Å². The summed E-state index contributed by atoms with van der Waals surface area (Å²) in [4.78, 5) is 4.17. The molecule has 2 unspecified atom stereocenters. The van der Waals surface area contributed by atoms with Crippen LogP contribution in [-0.4, -0.2) is 20.8 Å². The zero-order chi connectivity index (χ0) is 13.1. The number of hydrogen-bond acceptors (Lipinski definition) is 4. The van der Waals surface area contributed by atoms with Crippen LogP contribution in [-0.2, 0) is 7.05 Å². The van der Waals surface area contributed by atoms with Crippen molar-refractivity contribution in [3.63, 3.8) is 0 Å². The van der Waals surface area contributed by atoms with Crippen molar-refractivity contribution in [3.8, 4) is 0 Å². The standard InChI is InChI=1S/C13H18N4S/c1-9-7-12(17(3)16-9)18-13(10(2)14)11-5-4-6-15-8-11/h4-8,10,13H,14H2,1-3H3. The fourth-order valence-electron chi connectivity index (χ4n) is 1.85. The third kappa shape index (κ3) is 2.91. The Morgan fingerprint density at radius 1 is 1.44 bits per heavy atom. The molecule has 5 heteroatoms. The molecule has 0 aliphatic rings. The molecule has 0 saturated carbocycles. The monoisotopic (exact) mass is 262 g/mol. The Hall–Kier alpha value is -1.33. The van der Waals surface area contributed by atoms with Gasteiger partial charge in [-0.2, -0.15) is 5.10 Å². The second-order valence-corrected chi connectivity index (χ2v) is 5.59. The van der Waals surface area contributed by atoms with E-state index >= 15 is 0 Å². The van der Waals surface area contributed by atoms with Gasteiger partial charge in [-0.15, -0.1) is 0 Å². The first kappa shape index (κ1) is 13.1. The quantitative estimate of drug-likeness (QED) is 0.859. The van der Waals surface area contributed by atoms with Gasteiger partial charge in [0.15, 0.2) is 0 Å². The number of hydrogen-bond donors (Lipinski definition) is 1. The van der Waals surface area contributed by atoms with Crippen LogP contribution in [0.3, 0.4) is 0 Å². The Morgan fingerprint density at radius 2 is 2.22 bits per heavy atom. The molecule has 2 atom stereocenters. The first-order valence-corrected chi connectivity index (χ1v) is 6.78. The minimum atomic E-state index is 0.0504. The molecule has 2 N–H and O–H groups in total. The zero-order valence-electron chi connectivity index (χ0n) is 10.9. The van der Waals surface area contributed by atoms with E-state index in [1.54, 1.807) is 18.0 Å². The average Bonchev–Trinajstić information content (AvgIpc) is 2.65. The van der Waals surface area contributed by atoms with Crippen LogP contribution in [0, 0.1) is 6.92 Å². The van der Waals surface area contributed by atoms with Gasteiger partial charge in [0.05, 0.1) is 16.0 Å².